The Kier molecular flexibility index (Phi) is 3.05. The molecule has 1 aliphatic rings. The SMILES string of the molecule is CC1(C)CC1CNS(=O)(=O)c1c[nH]c(CO)c1. The van der Waals surface area contributed by atoms with Crippen LogP contribution in [-0.4, -0.2) is 25.1 Å². The van der Waals surface area contributed by atoms with Gasteiger partial charge < -0.3 is 10.1 Å². The molecule has 1 fully saturated rings. The quantitative estimate of drug-likeness (QED) is 0.731. The molecule has 3 N–H and O–H groups in total. The van der Waals surface area contributed by atoms with Crippen LogP contribution in [0.3, 0.4) is 0 Å². The zero-order valence-electron chi connectivity index (χ0n) is 10.0. The number of aliphatic hydroxyl groups is 1. The van der Waals surface area contributed by atoms with Gasteiger partial charge in [-0.3, -0.25) is 0 Å². The van der Waals surface area contributed by atoms with Crippen LogP contribution in [0.25, 0.3) is 0 Å². The largest absolute Gasteiger partial charge is 0.390 e. The highest BCUT2D eigenvalue weighted by atomic mass is 32.2. The van der Waals surface area contributed by atoms with E-state index < -0.39 is 10.0 Å². The Morgan fingerprint density at radius 2 is 2.24 bits per heavy atom. The van der Waals surface area contributed by atoms with Crippen LogP contribution in [0, 0.1) is 11.3 Å². The van der Waals surface area contributed by atoms with Gasteiger partial charge >= 0.3 is 0 Å². The van der Waals surface area contributed by atoms with Crippen molar-refractivity contribution in [2.45, 2.75) is 31.8 Å². The summed E-state index contributed by atoms with van der Waals surface area (Å²) < 4.78 is 26.4. The maximum Gasteiger partial charge on any atom is 0.242 e. The first kappa shape index (κ1) is 12.6. The molecule has 1 aromatic rings. The van der Waals surface area contributed by atoms with E-state index in [1.807, 2.05) is 0 Å². The second kappa shape index (κ2) is 4.12. The van der Waals surface area contributed by atoms with Gasteiger partial charge in [0.05, 0.1) is 11.5 Å². The number of sulfonamides is 1. The van der Waals surface area contributed by atoms with Crippen LogP contribution in [0.15, 0.2) is 17.2 Å². The van der Waals surface area contributed by atoms with Gasteiger partial charge in [-0.15, -0.1) is 0 Å². The molecule has 0 aromatic carbocycles. The molecule has 0 aliphatic heterocycles. The molecule has 1 aromatic heterocycles. The van der Waals surface area contributed by atoms with Gasteiger partial charge in [0.1, 0.15) is 0 Å². The minimum Gasteiger partial charge on any atom is -0.390 e. The molecule has 1 saturated carbocycles. The first-order valence-corrected chi connectivity index (χ1v) is 7.11. The number of aromatic amines is 1. The Bertz CT molecular complexity index is 505. The number of hydrogen-bond donors (Lipinski definition) is 3. The van der Waals surface area contributed by atoms with Gasteiger partial charge in [-0.2, -0.15) is 0 Å². The lowest BCUT2D eigenvalue weighted by molar-refractivity contribution is 0.277. The van der Waals surface area contributed by atoms with E-state index in [1.165, 1.54) is 12.3 Å². The highest BCUT2D eigenvalue weighted by Crippen LogP contribution is 2.51. The summed E-state index contributed by atoms with van der Waals surface area (Å²) in [7, 11) is -3.45. The second-order valence-electron chi connectivity index (χ2n) is 5.26. The summed E-state index contributed by atoms with van der Waals surface area (Å²) in [6, 6.07) is 1.44. The molecule has 6 heteroatoms. The molecule has 2 rings (SSSR count). The van der Waals surface area contributed by atoms with Gasteiger partial charge in [-0.25, -0.2) is 13.1 Å². The van der Waals surface area contributed by atoms with Gasteiger partial charge in [-0.1, -0.05) is 13.8 Å². The number of hydrogen-bond acceptors (Lipinski definition) is 3. The van der Waals surface area contributed by atoms with Crippen molar-refractivity contribution in [1.82, 2.24) is 9.71 Å². The van der Waals surface area contributed by atoms with Crippen molar-refractivity contribution in [3.63, 3.8) is 0 Å². The van der Waals surface area contributed by atoms with E-state index in [0.717, 1.165) is 6.42 Å². The zero-order valence-corrected chi connectivity index (χ0v) is 10.8. The number of aromatic nitrogens is 1. The van der Waals surface area contributed by atoms with E-state index in [-0.39, 0.29) is 16.9 Å². The molecule has 1 aliphatic carbocycles. The van der Waals surface area contributed by atoms with Gasteiger partial charge in [0.25, 0.3) is 0 Å². The zero-order chi connectivity index (χ0) is 12.7. The summed E-state index contributed by atoms with van der Waals surface area (Å²) in [5, 5.41) is 8.87. The Balaban J connectivity index is 1.99. The molecule has 0 radical (unpaired) electrons. The van der Waals surface area contributed by atoms with Crippen LogP contribution in [0.5, 0.6) is 0 Å². The summed E-state index contributed by atoms with van der Waals surface area (Å²) in [5.41, 5.74) is 0.758. The molecule has 0 spiro atoms. The monoisotopic (exact) mass is 258 g/mol. The number of H-pyrrole nitrogens is 1. The molecule has 1 atom stereocenters. The van der Waals surface area contributed by atoms with Crippen LogP contribution in [0.1, 0.15) is 26.0 Å². The molecule has 5 nitrogen and oxygen atoms in total. The van der Waals surface area contributed by atoms with E-state index in [2.05, 4.69) is 23.6 Å². The third-order valence-electron chi connectivity index (χ3n) is 3.43. The molecular weight excluding hydrogens is 240 g/mol. The average Bonchev–Trinajstić information content (AvgIpc) is 2.68. The molecule has 0 amide bonds. The molecule has 0 saturated heterocycles. The van der Waals surface area contributed by atoms with Crippen LogP contribution in [-0.2, 0) is 16.6 Å². The van der Waals surface area contributed by atoms with Crippen molar-refractivity contribution in [3.8, 4) is 0 Å². The first-order valence-electron chi connectivity index (χ1n) is 5.63. The predicted octanol–water partition coefficient (Wildman–Crippen LogP) is 0.831. The van der Waals surface area contributed by atoms with Crippen molar-refractivity contribution in [1.29, 1.82) is 0 Å². The van der Waals surface area contributed by atoms with Crippen LogP contribution in [0.4, 0.5) is 0 Å². The average molecular weight is 258 g/mol. The van der Waals surface area contributed by atoms with E-state index >= 15 is 0 Å². The van der Waals surface area contributed by atoms with Gasteiger partial charge in [0.2, 0.25) is 10.0 Å². The van der Waals surface area contributed by atoms with Crippen molar-refractivity contribution in [3.05, 3.63) is 18.0 Å². The molecule has 17 heavy (non-hydrogen) atoms. The smallest absolute Gasteiger partial charge is 0.242 e. The molecule has 0 bridgehead atoms. The third-order valence-corrected chi connectivity index (χ3v) is 4.84. The normalized spacial score (nSPS) is 22.6. The van der Waals surface area contributed by atoms with Crippen molar-refractivity contribution >= 4 is 10.0 Å². The summed E-state index contributed by atoms with van der Waals surface area (Å²) in [6.07, 6.45) is 2.45. The van der Waals surface area contributed by atoms with Crippen molar-refractivity contribution in [2.24, 2.45) is 11.3 Å². The predicted molar refractivity (Wildman–Crippen MR) is 63.8 cm³/mol. The highest BCUT2D eigenvalue weighted by Gasteiger charge is 2.45. The lowest BCUT2D eigenvalue weighted by Crippen LogP contribution is -2.26. The Hall–Kier alpha value is -0.850. The first-order chi connectivity index (χ1) is 7.85. The second-order valence-corrected chi connectivity index (χ2v) is 7.03. The van der Waals surface area contributed by atoms with Crippen LogP contribution < -0.4 is 4.72 Å². The lowest BCUT2D eigenvalue weighted by atomic mass is 10.1. The summed E-state index contributed by atoms with van der Waals surface area (Å²) in [4.78, 5) is 2.89. The fourth-order valence-electron chi connectivity index (χ4n) is 1.88. The summed E-state index contributed by atoms with van der Waals surface area (Å²) in [6.45, 7) is 4.55. The highest BCUT2D eigenvalue weighted by molar-refractivity contribution is 7.89. The minimum absolute atomic E-state index is 0.181. The van der Waals surface area contributed by atoms with E-state index in [9.17, 15) is 8.42 Å². The number of rotatable bonds is 5. The fourth-order valence-corrected chi connectivity index (χ4v) is 2.98. The maximum absolute atomic E-state index is 11.9. The van der Waals surface area contributed by atoms with Crippen molar-refractivity contribution in [2.75, 3.05) is 6.54 Å². The third kappa shape index (κ3) is 2.70. The van der Waals surface area contributed by atoms with Crippen LogP contribution in [0.2, 0.25) is 0 Å². The Labute approximate surface area is 101 Å². The number of nitrogens with one attached hydrogen (secondary N) is 2. The Morgan fingerprint density at radius 3 is 2.71 bits per heavy atom. The fraction of sp³-hybridized carbons (Fsp3) is 0.636. The molecule has 96 valence electrons. The summed E-state index contributed by atoms with van der Waals surface area (Å²) >= 11 is 0. The van der Waals surface area contributed by atoms with Gasteiger partial charge in [0.15, 0.2) is 0 Å². The minimum atomic E-state index is -3.45. The topological polar surface area (TPSA) is 82.2 Å². The van der Waals surface area contributed by atoms with E-state index in [0.29, 0.717) is 18.2 Å². The van der Waals surface area contributed by atoms with Crippen LogP contribution >= 0.6 is 0 Å². The maximum atomic E-state index is 11.9. The van der Waals surface area contributed by atoms with E-state index in [4.69, 9.17) is 5.11 Å². The van der Waals surface area contributed by atoms with Gasteiger partial charge in [0, 0.05) is 18.4 Å². The lowest BCUT2D eigenvalue weighted by Gasteiger charge is -2.06. The Morgan fingerprint density at radius 1 is 1.59 bits per heavy atom. The molecule has 1 heterocycles. The summed E-state index contributed by atoms with van der Waals surface area (Å²) in [5.74, 6) is 0.425. The van der Waals surface area contributed by atoms with Crippen molar-refractivity contribution < 1.29 is 13.5 Å². The molecular formula is C11H18N2O3S. The standard InChI is InChI=1S/C11H18N2O3S/c1-11(2)4-8(11)5-13-17(15,16)10-3-9(7-14)12-6-10/h3,6,8,12-14H,4-5,7H2,1-2H3. The molecule has 1 unspecified atom stereocenters. The van der Waals surface area contributed by atoms with Gasteiger partial charge in [-0.05, 0) is 23.8 Å². The van der Waals surface area contributed by atoms with E-state index in [1.54, 1.807) is 0 Å². The number of aliphatic hydroxyl groups excluding tert-OH is 1.